The fourth-order valence-electron chi connectivity index (χ4n) is 8.50. The molecule has 8 rings (SSSR count). The molecule has 4 aliphatic rings. The van der Waals surface area contributed by atoms with Crippen molar-refractivity contribution in [3.63, 3.8) is 0 Å². The number of hydrogen-bond acceptors (Lipinski definition) is 8. The maximum Gasteiger partial charge on any atom is 0.258 e. The smallest absolute Gasteiger partial charge is 0.258 e. The predicted molar refractivity (Wildman–Crippen MR) is 206 cm³/mol. The number of amides is 4. The van der Waals surface area contributed by atoms with Crippen molar-refractivity contribution in [1.29, 1.82) is 0 Å². The minimum Gasteiger partial charge on any atom is -0.502 e. The Morgan fingerprint density at radius 2 is 1.40 bits per heavy atom. The van der Waals surface area contributed by atoms with Gasteiger partial charge in [-0.15, -0.1) is 23.2 Å². The van der Waals surface area contributed by atoms with E-state index in [1.165, 1.54) is 31.3 Å². The van der Waals surface area contributed by atoms with Gasteiger partial charge in [0, 0.05) is 17.3 Å². The number of methoxy groups -OCH3 is 2. The number of fused-ring (bicyclic) bond motifs is 4. The zero-order valence-corrected chi connectivity index (χ0v) is 31.1. The third-order valence-electron chi connectivity index (χ3n) is 11.1. The van der Waals surface area contributed by atoms with Gasteiger partial charge in [-0.2, -0.15) is 0 Å². The maximum atomic E-state index is 14.6. The summed E-state index contributed by atoms with van der Waals surface area (Å²) in [6, 6.07) is 24.5. The van der Waals surface area contributed by atoms with Gasteiger partial charge >= 0.3 is 0 Å². The lowest BCUT2D eigenvalue weighted by atomic mass is 9.57. The Morgan fingerprint density at radius 3 is 2.04 bits per heavy atom. The summed E-state index contributed by atoms with van der Waals surface area (Å²) < 4.78 is 24.6. The number of rotatable bonds is 8. The molecular weight excluding hydrogens is 748 g/mol. The molecule has 0 spiro atoms. The topological polar surface area (TPSA) is 125 Å². The number of allylic oxidation sites excluding steroid dienone is 3. The van der Waals surface area contributed by atoms with Gasteiger partial charge in [0.15, 0.2) is 21.2 Å². The highest BCUT2D eigenvalue weighted by Gasteiger charge is 2.76. The number of alkyl halides is 2. The van der Waals surface area contributed by atoms with Crippen molar-refractivity contribution < 1.29 is 38.1 Å². The molecule has 0 radical (unpaired) electrons. The van der Waals surface area contributed by atoms with Crippen LogP contribution in [-0.4, -0.2) is 52.7 Å². The predicted octanol–water partition coefficient (Wildman–Crippen LogP) is 7.61. The second kappa shape index (κ2) is 13.6. The van der Waals surface area contributed by atoms with Gasteiger partial charge in [0.1, 0.15) is 5.82 Å². The van der Waals surface area contributed by atoms with Crippen LogP contribution in [0, 0.1) is 29.5 Å². The van der Waals surface area contributed by atoms with Gasteiger partial charge in [-0.25, -0.2) is 9.29 Å². The highest BCUT2D eigenvalue weighted by molar-refractivity contribution is 6.58. The molecule has 10 nitrogen and oxygen atoms in total. The molecule has 1 saturated carbocycles. The highest BCUT2D eigenvalue weighted by atomic mass is 35.5. The van der Waals surface area contributed by atoms with Crippen LogP contribution in [0.5, 0.6) is 17.2 Å². The van der Waals surface area contributed by atoms with E-state index in [1.807, 2.05) is 36.4 Å². The van der Waals surface area contributed by atoms with Gasteiger partial charge in [0.25, 0.3) is 11.8 Å². The third-order valence-corrected chi connectivity index (χ3v) is 12.6. The van der Waals surface area contributed by atoms with Gasteiger partial charge < -0.3 is 19.9 Å². The van der Waals surface area contributed by atoms with E-state index in [2.05, 4.69) is 5.32 Å². The summed E-state index contributed by atoms with van der Waals surface area (Å²) >= 11 is 14.9. The standard InChI is InChI=1S/C42H34Cl2FN3O7/c1-54-33-20-23(21-34(55-2)36(33)49)8-19-32-29-17-18-30-35(38(51)47(37(30)50)27-15-11-26(12-16-27)46-25-6-4-3-5-7-25)31(29)22-41(43)39(52)48(40(53)42(32,41)44)28-13-9-24(45)10-14-28/h3-17,19-21,30-32,35,46,49H,18,22H2,1-2H3/t30-,31+,32-,35-,41+,42-/m0/s1. The fourth-order valence-corrected chi connectivity index (χ4v) is 9.39. The molecule has 4 aromatic rings. The number of nitrogens with zero attached hydrogens (tertiary/aromatic N) is 2. The number of nitrogens with one attached hydrogen (secondary N) is 1. The molecule has 13 heteroatoms. The van der Waals surface area contributed by atoms with E-state index in [-0.39, 0.29) is 41.7 Å². The Labute approximate surface area is 325 Å². The molecule has 2 saturated heterocycles. The van der Waals surface area contributed by atoms with Crippen molar-refractivity contribution in [3.8, 4) is 17.2 Å². The summed E-state index contributed by atoms with van der Waals surface area (Å²) in [5.74, 6) is -6.44. The second-order valence-electron chi connectivity index (χ2n) is 14.0. The number of phenols is 1. The van der Waals surface area contributed by atoms with Crippen molar-refractivity contribution in [2.75, 3.05) is 29.3 Å². The highest BCUT2D eigenvalue weighted by Crippen LogP contribution is 2.63. The summed E-state index contributed by atoms with van der Waals surface area (Å²) in [5.41, 5.74) is 3.21. The van der Waals surface area contributed by atoms with Crippen LogP contribution in [0.2, 0.25) is 0 Å². The van der Waals surface area contributed by atoms with Crippen LogP contribution in [0.4, 0.5) is 27.1 Å². The van der Waals surface area contributed by atoms with E-state index in [4.69, 9.17) is 32.7 Å². The Bertz CT molecular complexity index is 2280. The minimum atomic E-state index is -2.09. The molecule has 4 amide bonds. The van der Waals surface area contributed by atoms with Crippen molar-refractivity contribution >= 4 is 75.7 Å². The zero-order valence-electron chi connectivity index (χ0n) is 29.5. The molecule has 6 atom stereocenters. The first-order valence-electron chi connectivity index (χ1n) is 17.6. The van der Waals surface area contributed by atoms with Gasteiger partial charge in [0.2, 0.25) is 17.6 Å². The summed E-state index contributed by atoms with van der Waals surface area (Å²) in [7, 11) is 2.78. The summed E-state index contributed by atoms with van der Waals surface area (Å²) in [6.45, 7) is 0. The number of benzene rings is 4. The van der Waals surface area contributed by atoms with Crippen molar-refractivity contribution in [3.05, 3.63) is 120 Å². The van der Waals surface area contributed by atoms with Gasteiger partial charge in [-0.3, -0.25) is 24.1 Å². The number of aromatic hydroxyl groups is 1. The number of carbonyl (C=O) groups is 4. The number of halogens is 3. The molecule has 2 N–H and O–H groups in total. The molecule has 0 unspecified atom stereocenters. The molecule has 2 aliphatic heterocycles. The van der Waals surface area contributed by atoms with Crippen LogP contribution in [0.25, 0.3) is 6.08 Å². The molecule has 55 heavy (non-hydrogen) atoms. The van der Waals surface area contributed by atoms with E-state index in [0.717, 1.165) is 28.4 Å². The van der Waals surface area contributed by atoms with E-state index >= 15 is 0 Å². The summed E-state index contributed by atoms with van der Waals surface area (Å²) in [4.78, 5) is 55.5. The van der Waals surface area contributed by atoms with E-state index in [9.17, 15) is 28.7 Å². The minimum absolute atomic E-state index is 0.0833. The third kappa shape index (κ3) is 5.59. The Hall–Kier alpha value is -5.65. The van der Waals surface area contributed by atoms with Crippen LogP contribution >= 0.6 is 23.2 Å². The lowest BCUT2D eigenvalue weighted by Crippen LogP contribution is -2.60. The number of ether oxygens (including phenoxy) is 2. The summed E-state index contributed by atoms with van der Waals surface area (Å²) in [5, 5.41) is 13.8. The average molecular weight is 783 g/mol. The quantitative estimate of drug-likeness (QED) is 0.106. The maximum absolute atomic E-state index is 14.6. The van der Waals surface area contributed by atoms with Crippen LogP contribution in [0.3, 0.4) is 0 Å². The first kappa shape index (κ1) is 36.3. The molecule has 2 aliphatic carbocycles. The van der Waals surface area contributed by atoms with Crippen molar-refractivity contribution in [1.82, 2.24) is 0 Å². The Morgan fingerprint density at radius 1 is 0.800 bits per heavy atom. The fraction of sp³-hybridized carbons (Fsp3) is 0.238. The molecule has 2 heterocycles. The molecule has 0 bridgehead atoms. The number of carbonyl (C=O) groups excluding carboxylic acids is 4. The van der Waals surface area contributed by atoms with Gasteiger partial charge in [0.05, 0.1) is 37.4 Å². The second-order valence-corrected chi connectivity index (χ2v) is 15.2. The summed E-state index contributed by atoms with van der Waals surface area (Å²) in [6.07, 6.45) is 5.08. The molecular formula is C42H34Cl2FN3O7. The Kier molecular flexibility index (Phi) is 8.97. The van der Waals surface area contributed by atoms with Crippen LogP contribution in [-0.2, 0) is 19.2 Å². The first-order valence-corrected chi connectivity index (χ1v) is 18.3. The van der Waals surface area contributed by atoms with Crippen molar-refractivity contribution in [2.45, 2.75) is 22.6 Å². The molecule has 4 aromatic carbocycles. The number of para-hydroxylation sites is 1. The lowest BCUT2D eigenvalue weighted by molar-refractivity contribution is -0.125. The lowest BCUT2D eigenvalue weighted by Gasteiger charge is -2.49. The Balaban J connectivity index is 1.19. The number of hydrogen-bond donors (Lipinski definition) is 2. The first-order chi connectivity index (χ1) is 26.4. The van der Waals surface area contributed by atoms with E-state index in [0.29, 0.717) is 16.8 Å². The van der Waals surface area contributed by atoms with E-state index < -0.39 is 57.0 Å². The van der Waals surface area contributed by atoms with Crippen molar-refractivity contribution in [2.24, 2.45) is 23.7 Å². The molecule has 3 fully saturated rings. The van der Waals surface area contributed by atoms with Crippen LogP contribution in [0.1, 0.15) is 18.4 Å². The van der Waals surface area contributed by atoms with Crippen LogP contribution in [0.15, 0.2) is 109 Å². The van der Waals surface area contributed by atoms with Gasteiger partial charge in [-0.1, -0.05) is 42.0 Å². The molecule has 280 valence electrons. The average Bonchev–Trinajstić information content (AvgIpc) is 3.53. The number of imide groups is 2. The SMILES string of the molecule is COc1cc(C=C[C@H]2C3=CC[C@@H]4C(=O)N(c5ccc(Nc6ccccc6)cc5)C(=O)[C@@H]4[C@@H]3C[C@@]3(Cl)C(=O)N(c4ccc(F)cc4)C(=O)[C@@]23Cl)cc(OC)c1O. The number of anilines is 4. The largest absolute Gasteiger partial charge is 0.502 e. The zero-order chi connectivity index (χ0) is 38.8. The van der Waals surface area contributed by atoms with Crippen LogP contribution < -0.4 is 24.6 Å². The normalized spacial score (nSPS) is 27.2. The molecule has 0 aromatic heterocycles. The van der Waals surface area contributed by atoms with E-state index in [1.54, 1.807) is 48.6 Å². The number of phenolic OH excluding ortho intramolecular Hbond substituents is 1. The van der Waals surface area contributed by atoms with Gasteiger partial charge in [-0.05, 0) is 97.1 Å². The monoisotopic (exact) mass is 781 g/mol.